The van der Waals surface area contributed by atoms with Crippen LogP contribution in [-0.4, -0.2) is 43.6 Å². The minimum Gasteiger partial charge on any atom is -0.497 e. The first kappa shape index (κ1) is 20.5. The number of hydrogen-bond donors (Lipinski definition) is 0. The molecule has 0 saturated carbocycles. The van der Waals surface area contributed by atoms with E-state index < -0.39 is 0 Å². The van der Waals surface area contributed by atoms with Crippen molar-refractivity contribution >= 4 is 29.4 Å². The monoisotopic (exact) mass is 393 g/mol. The maximum atomic E-state index is 12.7. The van der Waals surface area contributed by atoms with Crippen LogP contribution in [0.15, 0.2) is 59.3 Å². The summed E-state index contributed by atoms with van der Waals surface area (Å²) in [6, 6.07) is 15.7. The van der Waals surface area contributed by atoms with Crippen molar-refractivity contribution in [3.05, 3.63) is 59.9 Å². The number of amides is 1. The molecule has 0 atom stereocenters. The minimum absolute atomic E-state index is 0.187. The van der Waals surface area contributed by atoms with Crippen molar-refractivity contribution in [3.63, 3.8) is 0 Å². The fourth-order valence-electron chi connectivity index (χ4n) is 3.16. The van der Waals surface area contributed by atoms with E-state index in [1.165, 1.54) is 4.90 Å². The lowest BCUT2D eigenvalue weighted by atomic mass is 10.1. The van der Waals surface area contributed by atoms with Crippen LogP contribution in [0.2, 0.25) is 0 Å². The number of carbonyl (C=O) groups excluding carboxylic acids is 1. The molecule has 2 aromatic rings. The molecule has 1 heterocycles. The third kappa shape index (κ3) is 4.59. The summed E-state index contributed by atoms with van der Waals surface area (Å²) < 4.78 is 11.0. The van der Waals surface area contributed by atoms with Crippen molar-refractivity contribution in [1.29, 1.82) is 0 Å². The van der Waals surface area contributed by atoms with E-state index in [-0.39, 0.29) is 17.7 Å². The highest BCUT2D eigenvalue weighted by molar-refractivity contribution is 6.11. The Morgan fingerprint density at radius 2 is 1.69 bits per heavy atom. The summed E-state index contributed by atoms with van der Waals surface area (Å²) in [5.41, 5.74) is 2.76. The Labute approximate surface area is 172 Å². The minimum atomic E-state index is -0.187. The maximum absolute atomic E-state index is 12.7. The van der Waals surface area contributed by atoms with Gasteiger partial charge in [-0.1, -0.05) is 12.1 Å². The van der Waals surface area contributed by atoms with E-state index >= 15 is 0 Å². The zero-order valence-electron chi connectivity index (χ0n) is 17.4. The average molecular weight is 393 g/mol. The number of likely N-dealkylation sites (N-methyl/N-ethyl adjacent to an activating group) is 1. The van der Waals surface area contributed by atoms with Crippen molar-refractivity contribution in [3.8, 4) is 5.75 Å². The molecule has 3 rings (SSSR count). The van der Waals surface area contributed by atoms with Gasteiger partial charge in [0.15, 0.2) is 5.76 Å². The zero-order chi connectivity index (χ0) is 20.8. The van der Waals surface area contributed by atoms with Gasteiger partial charge < -0.3 is 14.4 Å². The number of aliphatic imine (C=N–C) groups is 1. The smallest absolute Gasteiger partial charge is 0.305 e. The number of hydrogen-bond acceptors (Lipinski definition) is 5. The molecule has 1 aliphatic rings. The molecule has 152 valence electrons. The van der Waals surface area contributed by atoms with Crippen molar-refractivity contribution < 1.29 is 14.3 Å². The summed E-state index contributed by atoms with van der Waals surface area (Å²) in [7, 11) is 1.62. The lowest BCUT2D eigenvalue weighted by Crippen LogP contribution is -2.29. The molecule has 6 heteroatoms. The first-order valence-corrected chi connectivity index (χ1v) is 9.88. The van der Waals surface area contributed by atoms with Crippen LogP contribution in [0.1, 0.15) is 26.3 Å². The summed E-state index contributed by atoms with van der Waals surface area (Å²) >= 11 is 0. The zero-order valence-corrected chi connectivity index (χ0v) is 17.4. The van der Waals surface area contributed by atoms with Crippen LogP contribution in [0.25, 0.3) is 6.08 Å². The third-order valence-electron chi connectivity index (χ3n) is 4.82. The highest BCUT2D eigenvalue weighted by Gasteiger charge is 2.33. The molecule has 1 amide bonds. The topological polar surface area (TPSA) is 54.4 Å². The molecule has 0 unspecified atom stereocenters. The van der Waals surface area contributed by atoms with E-state index in [4.69, 9.17) is 9.47 Å². The Morgan fingerprint density at radius 3 is 2.24 bits per heavy atom. The van der Waals surface area contributed by atoms with Gasteiger partial charge in [0.05, 0.1) is 12.8 Å². The van der Waals surface area contributed by atoms with Gasteiger partial charge in [-0.15, -0.1) is 0 Å². The van der Waals surface area contributed by atoms with E-state index in [0.717, 1.165) is 30.1 Å². The van der Waals surface area contributed by atoms with Crippen molar-refractivity contribution in [1.82, 2.24) is 4.90 Å². The van der Waals surface area contributed by atoms with Gasteiger partial charge in [-0.2, -0.15) is 4.99 Å². The van der Waals surface area contributed by atoms with Gasteiger partial charge in [0, 0.05) is 25.3 Å². The predicted molar refractivity (Wildman–Crippen MR) is 117 cm³/mol. The van der Waals surface area contributed by atoms with Crippen molar-refractivity contribution in [2.24, 2.45) is 4.99 Å². The highest BCUT2D eigenvalue weighted by Crippen LogP contribution is 2.25. The van der Waals surface area contributed by atoms with Crippen molar-refractivity contribution in [2.45, 2.75) is 20.8 Å². The second-order valence-electron chi connectivity index (χ2n) is 6.52. The Bertz CT molecular complexity index is 898. The molecule has 0 aliphatic carbocycles. The summed E-state index contributed by atoms with van der Waals surface area (Å²) in [6.07, 6.45) is 1.76. The van der Waals surface area contributed by atoms with Gasteiger partial charge >= 0.3 is 6.02 Å². The molecular formula is C23H27N3O3. The molecule has 0 N–H and O–H groups in total. The second-order valence-corrected chi connectivity index (χ2v) is 6.52. The third-order valence-corrected chi connectivity index (χ3v) is 4.82. The van der Waals surface area contributed by atoms with Crippen LogP contribution in [0, 0.1) is 0 Å². The molecule has 1 fully saturated rings. The number of amidine groups is 1. The van der Waals surface area contributed by atoms with Crippen LogP contribution in [0.5, 0.6) is 5.75 Å². The quantitative estimate of drug-likeness (QED) is 0.652. The van der Waals surface area contributed by atoms with Crippen LogP contribution in [0.4, 0.5) is 11.4 Å². The number of ether oxygens (including phenoxy) is 2. The summed E-state index contributed by atoms with van der Waals surface area (Å²) in [5, 5.41) is 0. The largest absolute Gasteiger partial charge is 0.497 e. The summed E-state index contributed by atoms with van der Waals surface area (Å²) in [4.78, 5) is 21.0. The average Bonchev–Trinajstić information content (AvgIpc) is 3.04. The highest BCUT2D eigenvalue weighted by atomic mass is 16.5. The van der Waals surface area contributed by atoms with E-state index in [9.17, 15) is 4.79 Å². The van der Waals surface area contributed by atoms with Crippen LogP contribution in [0.3, 0.4) is 0 Å². The molecule has 0 spiro atoms. The molecule has 0 radical (unpaired) electrons. The van der Waals surface area contributed by atoms with Gasteiger partial charge in [0.25, 0.3) is 5.91 Å². The number of anilines is 1. The number of benzene rings is 2. The first-order chi connectivity index (χ1) is 14.1. The standard InChI is InChI=1S/C23H27N3O3/c1-5-25(6-2)19-12-8-17(9-13-19)16-21-22(27)26(7-3)23(29-21)24-18-10-14-20(28-4)15-11-18/h8-16H,5-7H2,1-4H3. The molecule has 0 aromatic heterocycles. The number of carbonyl (C=O) groups is 1. The second kappa shape index (κ2) is 9.28. The molecule has 1 saturated heterocycles. The van der Waals surface area contributed by atoms with Crippen LogP contribution in [-0.2, 0) is 9.53 Å². The molecule has 1 aliphatic heterocycles. The first-order valence-electron chi connectivity index (χ1n) is 9.88. The molecule has 0 bridgehead atoms. The van der Waals surface area contributed by atoms with E-state index in [0.29, 0.717) is 12.2 Å². The number of nitrogens with zero attached hydrogens (tertiary/aromatic N) is 3. The Morgan fingerprint density at radius 1 is 1.03 bits per heavy atom. The van der Waals surface area contributed by atoms with Gasteiger partial charge in [0.2, 0.25) is 0 Å². The molecule has 6 nitrogen and oxygen atoms in total. The molecular weight excluding hydrogens is 366 g/mol. The Balaban J connectivity index is 1.83. The SMILES string of the molecule is CCN1C(=O)C(=Cc2ccc(N(CC)CC)cc2)OC1=Nc1ccc(OC)cc1. The van der Waals surface area contributed by atoms with Gasteiger partial charge in [-0.3, -0.25) is 9.69 Å². The molecule has 2 aromatic carbocycles. The van der Waals surface area contributed by atoms with E-state index in [1.807, 2.05) is 43.3 Å². The predicted octanol–water partition coefficient (Wildman–Crippen LogP) is 4.45. The van der Waals surface area contributed by atoms with Crippen LogP contribution < -0.4 is 9.64 Å². The Hall–Kier alpha value is -3.28. The van der Waals surface area contributed by atoms with E-state index in [1.54, 1.807) is 13.2 Å². The fraction of sp³-hybridized carbons (Fsp3) is 0.304. The fourth-order valence-corrected chi connectivity index (χ4v) is 3.16. The van der Waals surface area contributed by atoms with Crippen molar-refractivity contribution in [2.75, 3.05) is 31.6 Å². The number of rotatable bonds is 7. The van der Waals surface area contributed by atoms with Crippen LogP contribution >= 0.6 is 0 Å². The van der Waals surface area contributed by atoms with Gasteiger partial charge in [0.1, 0.15) is 5.75 Å². The lowest BCUT2D eigenvalue weighted by molar-refractivity contribution is -0.122. The normalized spacial score (nSPS) is 16.4. The van der Waals surface area contributed by atoms with Gasteiger partial charge in [-0.25, -0.2) is 0 Å². The van der Waals surface area contributed by atoms with E-state index in [2.05, 4.69) is 35.9 Å². The Kier molecular flexibility index (Phi) is 6.54. The number of methoxy groups -OCH3 is 1. The lowest BCUT2D eigenvalue weighted by Gasteiger charge is -2.20. The summed E-state index contributed by atoms with van der Waals surface area (Å²) in [6.45, 7) is 8.55. The van der Waals surface area contributed by atoms with Gasteiger partial charge in [-0.05, 0) is 68.8 Å². The molecule has 29 heavy (non-hydrogen) atoms. The maximum Gasteiger partial charge on any atom is 0.305 e. The summed E-state index contributed by atoms with van der Waals surface area (Å²) in [5.74, 6) is 0.834.